The van der Waals surface area contributed by atoms with Gasteiger partial charge in [0.05, 0.1) is 17.7 Å². The molecule has 0 spiro atoms. The zero-order chi connectivity index (χ0) is 15.2. The van der Waals surface area contributed by atoms with Crippen molar-refractivity contribution in [2.45, 2.75) is 31.8 Å². The molecular weight excluding hydrogens is 266 g/mol. The lowest BCUT2D eigenvalue weighted by molar-refractivity contribution is -0.121. The second-order valence-electron chi connectivity index (χ2n) is 5.36. The molecule has 1 aliphatic heterocycles. The van der Waals surface area contributed by atoms with Crippen LogP contribution in [0.2, 0.25) is 0 Å². The predicted octanol–water partition coefficient (Wildman–Crippen LogP) is 2.00. The first kappa shape index (κ1) is 15.5. The van der Waals surface area contributed by atoms with E-state index in [1.165, 1.54) is 0 Å². The third kappa shape index (κ3) is 4.03. The number of amides is 1. The van der Waals surface area contributed by atoms with Crippen LogP contribution >= 0.6 is 0 Å². The zero-order valence-corrected chi connectivity index (χ0v) is 12.5. The summed E-state index contributed by atoms with van der Waals surface area (Å²) in [6.07, 6.45) is 1.93. The number of benzene rings is 1. The monoisotopic (exact) mass is 287 g/mol. The molecular formula is C16H21N3O2. The Morgan fingerprint density at radius 2 is 2.00 bits per heavy atom. The highest BCUT2D eigenvalue weighted by Gasteiger charge is 2.26. The van der Waals surface area contributed by atoms with Gasteiger partial charge in [-0.2, -0.15) is 5.26 Å². The van der Waals surface area contributed by atoms with E-state index in [0.717, 1.165) is 26.1 Å². The number of hydrogen-bond acceptors (Lipinski definition) is 4. The number of nitriles is 1. The van der Waals surface area contributed by atoms with Crippen LogP contribution < -0.4 is 5.32 Å². The van der Waals surface area contributed by atoms with Crippen LogP contribution in [-0.2, 0) is 9.53 Å². The van der Waals surface area contributed by atoms with Gasteiger partial charge in [0.1, 0.15) is 0 Å². The smallest absolute Gasteiger partial charge is 0.241 e. The average Bonchev–Trinajstić information content (AvgIpc) is 2.55. The van der Waals surface area contributed by atoms with Crippen molar-refractivity contribution < 1.29 is 9.53 Å². The van der Waals surface area contributed by atoms with Crippen LogP contribution in [0.15, 0.2) is 24.3 Å². The summed E-state index contributed by atoms with van der Waals surface area (Å²) in [4.78, 5) is 14.4. The Labute approximate surface area is 125 Å². The molecule has 1 atom stereocenters. The normalized spacial score (nSPS) is 17.2. The molecule has 0 radical (unpaired) electrons. The molecule has 21 heavy (non-hydrogen) atoms. The lowest BCUT2D eigenvalue weighted by atomic mass is 10.1. The average molecular weight is 287 g/mol. The molecule has 1 fully saturated rings. The molecule has 5 nitrogen and oxygen atoms in total. The predicted molar refractivity (Wildman–Crippen MR) is 80.9 cm³/mol. The standard InChI is InChI=1S/C16H21N3O2/c1-12(19(2)15-7-9-21-10-8-15)16(20)18-14-5-3-13(11-17)4-6-14/h3-6,12,15H,7-10H2,1-2H3,(H,18,20). The van der Waals surface area contributed by atoms with Crippen LogP contribution in [0, 0.1) is 11.3 Å². The second kappa shape index (κ2) is 7.21. The third-order valence-electron chi connectivity index (χ3n) is 4.04. The van der Waals surface area contributed by atoms with Gasteiger partial charge in [-0.15, -0.1) is 0 Å². The quantitative estimate of drug-likeness (QED) is 0.920. The lowest BCUT2D eigenvalue weighted by Gasteiger charge is -2.34. The van der Waals surface area contributed by atoms with E-state index >= 15 is 0 Å². The third-order valence-corrected chi connectivity index (χ3v) is 4.04. The number of rotatable bonds is 4. The summed E-state index contributed by atoms with van der Waals surface area (Å²) in [5, 5.41) is 11.7. The molecule has 1 N–H and O–H groups in total. The highest BCUT2D eigenvalue weighted by Crippen LogP contribution is 2.16. The Hall–Kier alpha value is -1.90. The number of ether oxygens (including phenoxy) is 1. The number of carbonyl (C=O) groups excluding carboxylic acids is 1. The maximum Gasteiger partial charge on any atom is 0.241 e. The van der Waals surface area contributed by atoms with Crippen LogP contribution in [0.1, 0.15) is 25.3 Å². The van der Waals surface area contributed by atoms with Crippen molar-refractivity contribution in [1.29, 1.82) is 5.26 Å². The number of carbonyl (C=O) groups is 1. The summed E-state index contributed by atoms with van der Waals surface area (Å²) < 4.78 is 5.35. The van der Waals surface area contributed by atoms with E-state index in [9.17, 15) is 4.79 Å². The van der Waals surface area contributed by atoms with Crippen LogP contribution in [0.25, 0.3) is 0 Å². The molecule has 5 heteroatoms. The first-order valence-corrected chi connectivity index (χ1v) is 7.22. The molecule has 0 bridgehead atoms. The van der Waals surface area contributed by atoms with Gasteiger partial charge in [-0.1, -0.05) is 0 Å². The van der Waals surface area contributed by atoms with Crippen LogP contribution in [0.3, 0.4) is 0 Å². The van der Waals surface area contributed by atoms with Gasteiger partial charge in [-0.05, 0) is 51.1 Å². The number of hydrogen-bond donors (Lipinski definition) is 1. The largest absolute Gasteiger partial charge is 0.381 e. The fourth-order valence-corrected chi connectivity index (χ4v) is 2.47. The maximum atomic E-state index is 12.3. The Balaban J connectivity index is 1.93. The molecule has 1 aromatic carbocycles. The number of likely N-dealkylation sites (N-methyl/N-ethyl adjacent to an activating group) is 1. The highest BCUT2D eigenvalue weighted by atomic mass is 16.5. The molecule has 2 rings (SSSR count). The van der Waals surface area contributed by atoms with Gasteiger partial charge in [0.2, 0.25) is 5.91 Å². The zero-order valence-electron chi connectivity index (χ0n) is 12.5. The Morgan fingerprint density at radius 1 is 1.38 bits per heavy atom. The fraction of sp³-hybridized carbons (Fsp3) is 0.500. The Bertz CT molecular complexity index is 515. The summed E-state index contributed by atoms with van der Waals surface area (Å²) in [6, 6.07) is 9.13. The van der Waals surface area contributed by atoms with Crippen molar-refractivity contribution in [2.24, 2.45) is 0 Å². The molecule has 1 unspecified atom stereocenters. The first-order valence-electron chi connectivity index (χ1n) is 7.22. The number of anilines is 1. The van der Waals surface area contributed by atoms with Gasteiger partial charge in [0.15, 0.2) is 0 Å². The van der Waals surface area contributed by atoms with Crippen molar-refractivity contribution in [3.63, 3.8) is 0 Å². The van der Waals surface area contributed by atoms with E-state index < -0.39 is 0 Å². The molecule has 0 saturated carbocycles. The van der Waals surface area contributed by atoms with Crippen molar-refractivity contribution in [3.8, 4) is 6.07 Å². The van der Waals surface area contributed by atoms with Gasteiger partial charge in [0.25, 0.3) is 0 Å². The molecule has 0 aliphatic carbocycles. The van der Waals surface area contributed by atoms with E-state index in [0.29, 0.717) is 17.3 Å². The fourth-order valence-electron chi connectivity index (χ4n) is 2.47. The van der Waals surface area contributed by atoms with Crippen molar-refractivity contribution in [1.82, 2.24) is 4.90 Å². The molecule has 1 aliphatic rings. The lowest BCUT2D eigenvalue weighted by Crippen LogP contribution is -2.47. The number of nitrogens with one attached hydrogen (secondary N) is 1. The first-order chi connectivity index (χ1) is 10.1. The second-order valence-corrected chi connectivity index (χ2v) is 5.36. The van der Waals surface area contributed by atoms with E-state index in [4.69, 9.17) is 10.00 Å². The topological polar surface area (TPSA) is 65.4 Å². The molecule has 1 amide bonds. The maximum absolute atomic E-state index is 12.3. The molecule has 112 valence electrons. The molecule has 1 aromatic rings. The number of nitrogens with zero attached hydrogens (tertiary/aromatic N) is 2. The Kier molecular flexibility index (Phi) is 5.32. The van der Waals surface area contributed by atoms with Gasteiger partial charge in [-0.25, -0.2) is 0 Å². The molecule has 1 saturated heterocycles. The summed E-state index contributed by atoms with van der Waals surface area (Å²) in [6.45, 7) is 3.44. The van der Waals surface area contributed by atoms with Crippen LogP contribution in [-0.4, -0.2) is 43.2 Å². The van der Waals surface area contributed by atoms with Crippen LogP contribution in [0.4, 0.5) is 5.69 Å². The minimum Gasteiger partial charge on any atom is -0.381 e. The molecule has 0 aromatic heterocycles. The van der Waals surface area contributed by atoms with E-state index in [1.807, 2.05) is 14.0 Å². The summed E-state index contributed by atoms with van der Waals surface area (Å²) >= 11 is 0. The van der Waals surface area contributed by atoms with Crippen molar-refractivity contribution in [3.05, 3.63) is 29.8 Å². The Morgan fingerprint density at radius 3 is 2.57 bits per heavy atom. The van der Waals surface area contributed by atoms with Gasteiger partial charge < -0.3 is 10.1 Å². The van der Waals surface area contributed by atoms with Crippen LogP contribution in [0.5, 0.6) is 0 Å². The van der Waals surface area contributed by atoms with Crippen molar-refractivity contribution >= 4 is 11.6 Å². The van der Waals surface area contributed by atoms with Gasteiger partial charge >= 0.3 is 0 Å². The molecule has 1 heterocycles. The summed E-state index contributed by atoms with van der Waals surface area (Å²) in [5.41, 5.74) is 1.30. The van der Waals surface area contributed by atoms with E-state index in [2.05, 4.69) is 16.3 Å². The van der Waals surface area contributed by atoms with Gasteiger partial charge in [0, 0.05) is 24.9 Å². The minimum atomic E-state index is -0.205. The summed E-state index contributed by atoms with van der Waals surface area (Å²) in [5.74, 6) is -0.0336. The summed E-state index contributed by atoms with van der Waals surface area (Å²) in [7, 11) is 1.99. The van der Waals surface area contributed by atoms with E-state index in [1.54, 1.807) is 24.3 Å². The van der Waals surface area contributed by atoms with E-state index in [-0.39, 0.29) is 11.9 Å². The highest BCUT2D eigenvalue weighted by molar-refractivity contribution is 5.94. The van der Waals surface area contributed by atoms with Crippen molar-refractivity contribution in [2.75, 3.05) is 25.6 Å². The SMILES string of the molecule is CC(C(=O)Nc1ccc(C#N)cc1)N(C)C1CCOCC1. The van der Waals surface area contributed by atoms with Gasteiger partial charge in [-0.3, -0.25) is 9.69 Å². The minimum absolute atomic E-state index is 0.0336.